The van der Waals surface area contributed by atoms with Gasteiger partial charge in [-0.2, -0.15) is 0 Å². The smallest absolute Gasteiger partial charge is 0.0438 e. The quantitative estimate of drug-likeness (QED) is 0.624. The van der Waals surface area contributed by atoms with Crippen LogP contribution in [-0.2, 0) is 6.42 Å². The van der Waals surface area contributed by atoms with Crippen LogP contribution in [0, 0.1) is 6.92 Å². The Labute approximate surface area is 77.1 Å². The van der Waals surface area contributed by atoms with Crippen molar-refractivity contribution < 1.29 is 0 Å². The molecule has 1 radical (unpaired) electrons. The first-order valence-corrected chi connectivity index (χ1v) is 4.22. The molecule has 0 N–H and O–H groups in total. The summed E-state index contributed by atoms with van der Waals surface area (Å²) in [5.74, 6) is 0. The van der Waals surface area contributed by atoms with Crippen LogP contribution in [0.25, 0.3) is 0 Å². The highest BCUT2D eigenvalue weighted by atomic mass is 35.5. The molecule has 0 nitrogen and oxygen atoms in total. The minimum absolute atomic E-state index is 0.102. The number of benzene rings is 1. The van der Waals surface area contributed by atoms with E-state index in [2.05, 4.69) is 6.92 Å². The van der Waals surface area contributed by atoms with Crippen molar-refractivity contribution in [2.75, 3.05) is 0 Å². The van der Waals surface area contributed by atoms with E-state index in [9.17, 15) is 0 Å². The molecule has 0 bridgehead atoms. The fourth-order valence-electron chi connectivity index (χ4n) is 0.903. The highest BCUT2D eigenvalue weighted by molar-refractivity contribution is 6.31. The number of rotatable bonds is 2. The standard InChI is InChI=1S/C9H9Cl2/c1-7(10)6-8-4-2-3-5-9(8)11/h2-5,7H,1,6H2. The number of hydrogen-bond donors (Lipinski definition) is 0. The third kappa shape index (κ3) is 2.72. The summed E-state index contributed by atoms with van der Waals surface area (Å²) in [7, 11) is 0. The molecule has 0 aliphatic rings. The molecule has 59 valence electrons. The van der Waals surface area contributed by atoms with E-state index in [1.54, 1.807) is 0 Å². The van der Waals surface area contributed by atoms with Crippen LogP contribution in [0.2, 0.25) is 5.02 Å². The molecule has 1 unspecified atom stereocenters. The fraction of sp³-hybridized carbons (Fsp3) is 0.222. The van der Waals surface area contributed by atoms with Gasteiger partial charge in [0.15, 0.2) is 0 Å². The van der Waals surface area contributed by atoms with Crippen LogP contribution in [0.1, 0.15) is 5.56 Å². The van der Waals surface area contributed by atoms with Crippen LogP contribution in [0.15, 0.2) is 24.3 Å². The van der Waals surface area contributed by atoms with Crippen LogP contribution >= 0.6 is 23.2 Å². The molecule has 2 heteroatoms. The van der Waals surface area contributed by atoms with Gasteiger partial charge in [-0.25, -0.2) is 0 Å². The van der Waals surface area contributed by atoms with E-state index in [1.165, 1.54) is 0 Å². The zero-order valence-corrected chi connectivity index (χ0v) is 7.57. The Kier molecular flexibility index (Phi) is 3.22. The maximum absolute atomic E-state index is 5.88. The van der Waals surface area contributed by atoms with Crippen molar-refractivity contribution in [1.29, 1.82) is 0 Å². The van der Waals surface area contributed by atoms with Crippen molar-refractivity contribution in [3.8, 4) is 0 Å². The van der Waals surface area contributed by atoms with Gasteiger partial charge in [0, 0.05) is 10.4 Å². The van der Waals surface area contributed by atoms with E-state index in [-0.39, 0.29) is 5.38 Å². The second kappa shape index (κ2) is 3.99. The molecule has 0 heterocycles. The highest BCUT2D eigenvalue weighted by Crippen LogP contribution is 2.17. The number of halogens is 2. The topological polar surface area (TPSA) is 0 Å². The van der Waals surface area contributed by atoms with Gasteiger partial charge in [0.25, 0.3) is 0 Å². The Morgan fingerprint density at radius 2 is 2.00 bits per heavy atom. The summed E-state index contributed by atoms with van der Waals surface area (Å²) in [6.45, 7) is 3.68. The van der Waals surface area contributed by atoms with E-state index >= 15 is 0 Å². The molecule has 0 spiro atoms. The third-order valence-electron chi connectivity index (χ3n) is 1.40. The lowest BCUT2D eigenvalue weighted by atomic mass is 10.1. The van der Waals surface area contributed by atoms with Gasteiger partial charge >= 0.3 is 0 Å². The lowest BCUT2D eigenvalue weighted by Crippen LogP contribution is -1.97. The van der Waals surface area contributed by atoms with Crippen molar-refractivity contribution in [3.05, 3.63) is 41.8 Å². The van der Waals surface area contributed by atoms with Crippen LogP contribution in [0.3, 0.4) is 0 Å². The van der Waals surface area contributed by atoms with Crippen molar-refractivity contribution in [2.45, 2.75) is 11.8 Å². The Morgan fingerprint density at radius 1 is 1.36 bits per heavy atom. The van der Waals surface area contributed by atoms with Gasteiger partial charge in [-0.05, 0) is 25.0 Å². The number of hydrogen-bond acceptors (Lipinski definition) is 0. The Balaban J connectivity index is 2.78. The van der Waals surface area contributed by atoms with Crippen molar-refractivity contribution >= 4 is 23.2 Å². The van der Waals surface area contributed by atoms with Gasteiger partial charge in [-0.1, -0.05) is 29.8 Å². The van der Waals surface area contributed by atoms with Crippen LogP contribution in [0.5, 0.6) is 0 Å². The molecule has 0 aliphatic heterocycles. The molecule has 0 amide bonds. The summed E-state index contributed by atoms with van der Waals surface area (Å²) in [5, 5.41) is 0.664. The molecule has 0 saturated carbocycles. The minimum atomic E-state index is -0.102. The zero-order chi connectivity index (χ0) is 8.27. The zero-order valence-electron chi connectivity index (χ0n) is 6.06. The normalized spacial score (nSPS) is 13.0. The molecular weight excluding hydrogens is 179 g/mol. The van der Waals surface area contributed by atoms with Gasteiger partial charge < -0.3 is 0 Å². The summed E-state index contributed by atoms with van der Waals surface area (Å²) in [5.41, 5.74) is 1.06. The SMILES string of the molecule is [CH2]C(Cl)Cc1ccccc1Cl. The Morgan fingerprint density at radius 3 is 2.55 bits per heavy atom. The molecule has 11 heavy (non-hydrogen) atoms. The van der Waals surface area contributed by atoms with Crippen LogP contribution < -0.4 is 0 Å². The Hall–Kier alpha value is -0.200. The van der Waals surface area contributed by atoms with Crippen molar-refractivity contribution in [1.82, 2.24) is 0 Å². The molecule has 1 aromatic carbocycles. The van der Waals surface area contributed by atoms with E-state index in [0.29, 0.717) is 0 Å². The molecule has 1 atom stereocenters. The maximum Gasteiger partial charge on any atom is 0.0438 e. The highest BCUT2D eigenvalue weighted by Gasteiger charge is 2.02. The van der Waals surface area contributed by atoms with Gasteiger partial charge in [0.1, 0.15) is 0 Å². The third-order valence-corrected chi connectivity index (χ3v) is 1.92. The first-order valence-electron chi connectivity index (χ1n) is 3.40. The van der Waals surface area contributed by atoms with Gasteiger partial charge in [0.2, 0.25) is 0 Å². The molecule has 0 fully saturated rings. The van der Waals surface area contributed by atoms with Crippen molar-refractivity contribution in [2.24, 2.45) is 0 Å². The lowest BCUT2D eigenvalue weighted by molar-refractivity contribution is 1.01. The summed E-state index contributed by atoms with van der Waals surface area (Å²) >= 11 is 11.6. The van der Waals surface area contributed by atoms with Crippen LogP contribution in [-0.4, -0.2) is 5.38 Å². The summed E-state index contributed by atoms with van der Waals surface area (Å²) < 4.78 is 0. The second-order valence-corrected chi connectivity index (χ2v) is 3.42. The monoisotopic (exact) mass is 187 g/mol. The molecule has 1 rings (SSSR count). The lowest BCUT2D eigenvalue weighted by Gasteiger charge is -2.04. The van der Waals surface area contributed by atoms with Crippen molar-refractivity contribution in [3.63, 3.8) is 0 Å². The first-order chi connectivity index (χ1) is 5.20. The van der Waals surface area contributed by atoms with Gasteiger partial charge in [0.05, 0.1) is 0 Å². The number of alkyl halides is 1. The molecule has 0 aromatic heterocycles. The average Bonchev–Trinajstić information content (AvgIpc) is 1.93. The largest absolute Gasteiger partial charge is 0.123 e. The molecule has 1 aromatic rings. The summed E-state index contributed by atoms with van der Waals surface area (Å²) in [6.07, 6.45) is 0.723. The van der Waals surface area contributed by atoms with E-state index in [0.717, 1.165) is 17.0 Å². The van der Waals surface area contributed by atoms with E-state index < -0.39 is 0 Å². The maximum atomic E-state index is 5.88. The molecule has 0 saturated heterocycles. The minimum Gasteiger partial charge on any atom is -0.123 e. The molecular formula is C9H9Cl2. The fourth-order valence-corrected chi connectivity index (χ4v) is 1.28. The summed E-state index contributed by atoms with van der Waals surface area (Å²) in [6, 6.07) is 7.66. The predicted octanol–water partition coefficient (Wildman–Crippen LogP) is 3.32. The summed E-state index contributed by atoms with van der Waals surface area (Å²) in [4.78, 5) is 0. The van der Waals surface area contributed by atoms with E-state index in [1.807, 2.05) is 24.3 Å². The van der Waals surface area contributed by atoms with Crippen LogP contribution in [0.4, 0.5) is 0 Å². The van der Waals surface area contributed by atoms with E-state index in [4.69, 9.17) is 23.2 Å². The van der Waals surface area contributed by atoms with Gasteiger partial charge in [-0.3, -0.25) is 0 Å². The average molecular weight is 188 g/mol. The molecule has 0 aliphatic carbocycles. The second-order valence-electron chi connectivity index (χ2n) is 2.39. The first kappa shape index (κ1) is 8.89. The Bertz CT molecular complexity index is 231. The van der Waals surface area contributed by atoms with Gasteiger partial charge in [-0.15, -0.1) is 11.6 Å². The predicted molar refractivity (Wildman–Crippen MR) is 50.2 cm³/mol.